The van der Waals surface area contributed by atoms with Crippen LogP contribution in [0, 0.1) is 5.92 Å². The third kappa shape index (κ3) is 4.40. The molecule has 0 rings (SSSR count). The van der Waals surface area contributed by atoms with Crippen molar-refractivity contribution in [2.45, 2.75) is 52.6 Å². The van der Waals surface area contributed by atoms with E-state index in [0.717, 1.165) is 19.6 Å². The second-order valence-corrected chi connectivity index (χ2v) is 5.39. The summed E-state index contributed by atoms with van der Waals surface area (Å²) in [6.45, 7) is 13.7. The van der Waals surface area contributed by atoms with Crippen LogP contribution in [0.3, 0.4) is 0 Å². The predicted octanol–water partition coefficient (Wildman–Crippen LogP) is 2.11. The number of rotatable bonds is 8. The molecule has 0 aromatic heterocycles. The Labute approximate surface area is 101 Å². The number of methoxy groups -OCH3 is 1. The van der Waals surface area contributed by atoms with Crippen molar-refractivity contribution in [1.82, 2.24) is 4.90 Å². The fourth-order valence-corrected chi connectivity index (χ4v) is 2.75. The Bertz CT molecular complexity index is 185. The third-order valence-electron chi connectivity index (χ3n) is 3.26. The second-order valence-electron chi connectivity index (χ2n) is 5.39. The van der Waals surface area contributed by atoms with E-state index in [4.69, 9.17) is 10.5 Å². The van der Waals surface area contributed by atoms with Crippen LogP contribution in [-0.2, 0) is 4.74 Å². The van der Waals surface area contributed by atoms with Gasteiger partial charge in [-0.25, -0.2) is 0 Å². The van der Waals surface area contributed by atoms with E-state index >= 15 is 0 Å². The van der Waals surface area contributed by atoms with Crippen LogP contribution in [-0.4, -0.2) is 43.3 Å². The van der Waals surface area contributed by atoms with Gasteiger partial charge in [-0.05, 0) is 32.7 Å². The van der Waals surface area contributed by atoms with Crippen molar-refractivity contribution in [1.29, 1.82) is 0 Å². The number of ether oxygens (including phenoxy) is 1. The van der Waals surface area contributed by atoms with Gasteiger partial charge in [-0.2, -0.15) is 0 Å². The lowest BCUT2D eigenvalue weighted by Gasteiger charge is -2.44. The SMILES string of the molecule is CCN(C(C)COC)C(C)(CN)CC(C)C. The Morgan fingerprint density at radius 2 is 1.88 bits per heavy atom. The maximum atomic E-state index is 5.98. The van der Waals surface area contributed by atoms with Crippen LogP contribution in [0.4, 0.5) is 0 Å². The van der Waals surface area contributed by atoms with Crippen LogP contribution in [0.25, 0.3) is 0 Å². The highest BCUT2D eigenvalue weighted by Gasteiger charge is 2.33. The molecule has 0 bridgehead atoms. The van der Waals surface area contributed by atoms with Gasteiger partial charge in [0.05, 0.1) is 6.61 Å². The molecule has 3 heteroatoms. The summed E-state index contributed by atoms with van der Waals surface area (Å²) in [5, 5.41) is 0. The topological polar surface area (TPSA) is 38.5 Å². The molecular weight excluding hydrogens is 200 g/mol. The van der Waals surface area contributed by atoms with E-state index in [1.54, 1.807) is 7.11 Å². The fraction of sp³-hybridized carbons (Fsp3) is 1.00. The monoisotopic (exact) mass is 230 g/mol. The molecule has 2 atom stereocenters. The van der Waals surface area contributed by atoms with Crippen molar-refractivity contribution < 1.29 is 4.74 Å². The Morgan fingerprint density at radius 1 is 1.31 bits per heavy atom. The largest absolute Gasteiger partial charge is 0.383 e. The zero-order valence-electron chi connectivity index (χ0n) is 11.9. The minimum absolute atomic E-state index is 0.0842. The van der Waals surface area contributed by atoms with Gasteiger partial charge in [-0.1, -0.05) is 20.8 Å². The van der Waals surface area contributed by atoms with E-state index in [2.05, 4.69) is 39.5 Å². The van der Waals surface area contributed by atoms with E-state index in [1.165, 1.54) is 0 Å². The molecule has 0 aliphatic carbocycles. The first-order valence-electron chi connectivity index (χ1n) is 6.37. The lowest BCUT2D eigenvalue weighted by Crippen LogP contribution is -2.56. The molecule has 16 heavy (non-hydrogen) atoms. The number of nitrogens with two attached hydrogens (primary N) is 1. The summed E-state index contributed by atoms with van der Waals surface area (Å²) in [6.07, 6.45) is 1.13. The smallest absolute Gasteiger partial charge is 0.0615 e. The average molecular weight is 230 g/mol. The van der Waals surface area contributed by atoms with Gasteiger partial charge in [-0.15, -0.1) is 0 Å². The summed E-state index contributed by atoms with van der Waals surface area (Å²) in [6, 6.07) is 0.419. The number of nitrogens with zero attached hydrogens (tertiary/aromatic N) is 1. The normalized spacial score (nSPS) is 17.8. The fourth-order valence-electron chi connectivity index (χ4n) is 2.75. The highest BCUT2D eigenvalue weighted by Crippen LogP contribution is 2.25. The van der Waals surface area contributed by atoms with E-state index in [-0.39, 0.29) is 5.54 Å². The number of likely N-dealkylation sites (N-methyl/N-ethyl adjacent to an activating group) is 1. The third-order valence-corrected chi connectivity index (χ3v) is 3.26. The van der Waals surface area contributed by atoms with Gasteiger partial charge in [0.1, 0.15) is 0 Å². The van der Waals surface area contributed by atoms with Gasteiger partial charge in [0.25, 0.3) is 0 Å². The molecule has 98 valence electrons. The molecule has 0 heterocycles. The van der Waals surface area contributed by atoms with E-state index < -0.39 is 0 Å². The zero-order chi connectivity index (χ0) is 12.8. The van der Waals surface area contributed by atoms with Crippen LogP contribution in [0.1, 0.15) is 41.0 Å². The van der Waals surface area contributed by atoms with Crippen molar-refractivity contribution in [2.75, 3.05) is 26.8 Å². The minimum atomic E-state index is 0.0842. The van der Waals surface area contributed by atoms with E-state index in [0.29, 0.717) is 18.5 Å². The number of hydrogen-bond acceptors (Lipinski definition) is 3. The summed E-state index contributed by atoms with van der Waals surface area (Å²) in [7, 11) is 1.76. The Kier molecular flexibility index (Phi) is 7.20. The molecule has 3 nitrogen and oxygen atoms in total. The lowest BCUT2D eigenvalue weighted by molar-refractivity contribution is 0.0187. The van der Waals surface area contributed by atoms with Gasteiger partial charge in [-0.3, -0.25) is 4.90 Å². The first-order chi connectivity index (χ1) is 7.41. The standard InChI is InChI=1S/C13H30N2O/c1-7-15(12(4)9-16-6)13(5,10-14)8-11(2)3/h11-12H,7-10,14H2,1-6H3. The molecule has 0 radical (unpaired) electrons. The molecular formula is C13H30N2O. The zero-order valence-corrected chi connectivity index (χ0v) is 11.9. The quantitative estimate of drug-likeness (QED) is 0.694. The summed E-state index contributed by atoms with van der Waals surface area (Å²) in [4.78, 5) is 2.47. The number of hydrogen-bond donors (Lipinski definition) is 1. The highest BCUT2D eigenvalue weighted by molar-refractivity contribution is 4.90. The van der Waals surface area contributed by atoms with Crippen LogP contribution in [0.2, 0.25) is 0 Å². The van der Waals surface area contributed by atoms with Crippen molar-refractivity contribution in [3.63, 3.8) is 0 Å². The Morgan fingerprint density at radius 3 is 2.19 bits per heavy atom. The van der Waals surface area contributed by atoms with E-state index in [9.17, 15) is 0 Å². The maximum Gasteiger partial charge on any atom is 0.0615 e. The van der Waals surface area contributed by atoms with Gasteiger partial charge in [0.2, 0.25) is 0 Å². The molecule has 0 aliphatic heterocycles. The summed E-state index contributed by atoms with van der Waals surface area (Å²) in [5.41, 5.74) is 6.07. The molecule has 2 unspecified atom stereocenters. The molecule has 0 saturated heterocycles. The molecule has 0 aliphatic rings. The summed E-state index contributed by atoms with van der Waals surface area (Å²) >= 11 is 0. The maximum absolute atomic E-state index is 5.98. The molecule has 2 N–H and O–H groups in total. The second kappa shape index (κ2) is 7.25. The van der Waals surface area contributed by atoms with Gasteiger partial charge < -0.3 is 10.5 Å². The minimum Gasteiger partial charge on any atom is -0.383 e. The summed E-state index contributed by atoms with van der Waals surface area (Å²) in [5.74, 6) is 0.664. The first-order valence-corrected chi connectivity index (χ1v) is 6.37. The van der Waals surface area contributed by atoms with Crippen molar-refractivity contribution >= 4 is 0 Å². The van der Waals surface area contributed by atoms with Crippen molar-refractivity contribution in [2.24, 2.45) is 11.7 Å². The van der Waals surface area contributed by atoms with Crippen LogP contribution in [0.15, 0.2) is 0 Å². The van der Waals surface area contributed by atoms with Gasteiger partial charge in [0.15, 0.2) is 0 Å². The highest BCUT2D eigenvalue weighted by atomic mass is 16.5. The van der Waals surface area contributed by atoms with Crippen LogP contribution in [0.5, 0.6) is 0 Å². The molecule has 0 amide bonds. The van der Waals surface area contributed by atoms with E-state index in [1.807, 2.05) is 0 Å². The van der Waals surface area contributed by atoms with Crippen molar-refractivity contribution in [3.8, 4) is 0 Å². The Hall–Kier alpha value is -0.120. The average Bonchev–Trinajstić information content (AvgIpc) is 2.18. The molecule has 0 aromatic carbocycles. The van der Waals surface area contributed by atoms with Crippen LogP contribution < -0.4 is 5.73 Å². The summed E-state index contributed by atoms with van der Waals surface area (Å²) < 4.78 is 5.25. The molecule has 0 spiro atoms. The predicted molar refractivity (Wildman–Crippen MR) is 70.6 cm³/mol. The van der Waals surface area contributed by atoms with Crippen LogP contribution >= 0.6 is 0 Å². The first kappa shape index (κ1) is 15.9. The van der Waals surface area contributed by atoms with Gasteiger partial charge in [0, 0.05) is 25.2 Å². The Balaban J connectivity index is 4.71. The molecule has 0 saturated carbocycles. The lowest BCUT2D eigenvalue weighted by atomic mass is 9.88. The van der Waals surface area contributed by atoms with Crippen molar-refractivity contribution in [3.05, 3.63) is 0 Å². The molecule has 0 fully saturated rings. The molecule has 0 aromatic rings. The van der Waals surface area contributed by atoms with Gasteiger partial charge >= 0.3 is 0 Å².